The molecule has 2 aliphatic rings. The lowest BCUT2D eigenvalue weighted by atomic mass is 9.92. The first-order valence-electron chi connectivity index (χ1n) is 16.1. The third kappa shape index (κ3) is 8.12. The number of pyridine rings is 2. The number of nitrogens with one attached hydrogen (secondary N) is 2. The van der Waals surface area contributed by atoms with Crippen molar-refractivity contribution < 1.29 is 23.5 Å². The molecule has 5 heterocycles. The van der Waals surface area contributed by atoms with E-state index in [2.05, 4.69) is 26.6 Å². The van der Waals surface area contributed by atoms with Gasteiger partial charge in [-0.05, 0) is 55.2 Å². The van der Waals surface area contributed by atoms with Crippen LogP contribution in [-0.4, -0.2) is 76.3 Å². The maximum Gasteiger partial charge on any atom is 0.314 e. The number of ketones is 1. The molecule has 0 bridgehead atoms. The first-order valence-corrected chi connectivity index (χ1v) is 16.9. The lowest BCUT2D eigenvalue weighted by Crippen LogP contribution is -2.49. The van der Waals surface area contributed by atoms with Crippen LogP contribution in [0.3, 0.4) is 0 Å². The van der Waals surface area contributed by atoms with E-state index in [0.717, 1.165) is 58.8 Å². The Balaban J connectivity index is 1.05. The van der Waals surface area contributed by atoms with Crippen molar-refractivity contribution in [3.05, 3.63) is 71.8 Å². The van der Waals surface area contributed by atoms with Crippen LogP contribution < -0.4 is 15.4 Å². The normalized spacial score (nSPS) is 15.8. The Morgan fingerprint density at radius 3 is 2.51 bits per heavy atom. The van der Waals surface area contributed by atoms with Crippen molar-refractivity contribution in [1.29, 1.82) is 0 Å². The largest absolute Gasteiger partial charge is 0.453 e. The second kappa shape index (κ2) is 14.6. The van der Waals surface area contributed by atoms with Gasteiger partial charge in [-0.15, -0.1) is 11.3 Å². The van der Waals surface area contributed by atoms with Crippen molar-refractivity contribution in [3.8, 4) is 22.1 Å². The number of amides is 3. The Labute approximate surface area is 277 Å². The van der Waals surface area contributed by atoms with Gasteiger partial charge in [0.2, 0.25) is 5.91 Å². The number of likely N-dealkylation sites (tertiary alicyclic amines) is 2. The van der Waals surface area contributed by atoms with Gasteiger partial charge < -0.3 is 20.3 Å². The molecule has 0 aliphatic carbocycles. The van der Waals surface area contributed by atoms with E-state index in [1.165, 1.54) is 24.3 Å². The SMILES string of the molecule is CCNC(=O)NC1CCN(Cc2ccc(-c3cc4nccc(Oc5ccc(CC(=O)CC6CN(C(C)=O)C6)cc5F)c4s3)nc2)CC1. The Kier molecular flexibility index (Phi) is 10.1. The third-order valence-corrected chi connectivity index (χ3v) is 9.82. The van der Waals surface area contributed by atoms with Gasteiger partial charge in [-0.25, -0.2) is 9.18 Å². The van der Waals surface area contributed by atoms with E-state index in [9.17, 15) is 14.4 Å². The highest BCUT2D eigenvalue weighted by molar-refractivity contribution is 7.22. The number of urea groups is 1. The number of thiophene rings is 1. The Morgan fingerprint density at radius 2 is 1.81 bits per heavy atom. The predicted octanol–water partition coefficient (Wildman–Crippen LogP) is 5.55. The number of aromatic nitrogens is 2. The summed E-state index contributed by atoms with van der Waals surface area (Å²) in [5.41, 5.74) is 3.27. The van der Waals surface area contributed by atoms with Crippen molar-refractivity contribution in [3.63, 3.8) is 0 Å². The molecule has 0 atom stereocenters. The number of benzene rings is 1. The molecule has 1 aromatic carbocycles. The molecule has 246 valence electrons. The van der Waals surface area contributed by atoms with Crippen molar-refractivity contribution in [2.24, 2.45) is 5.92 Å². The average Bonchev–Trinajstić information content (AvgIpc) is 3.47. The van der Waals surface area contributed by atoms with Gasteiger partial charge in [0.25, 0.3) is 0 Å². The Morgan fingerprint density at radius 1 is 1.02 bits per heavy atom. The fourth-order valence-corrected chi connectivity index (χ4v) is 7.15. The minimum absolute atomic E-state index is 0.0239. The van der Waals surface area contributed by atoms with Crippen LogP contribution in [0.5, 0.6) is 11.5 Å². The van der Waals surface area contributed by atoms with Gasteiger partial charge in [0, 0.05) is 89.5 Å². The summed E-state index contributed by atoms with van der Waals surface area (Å²) in [6, 6.07) is 12.5. The molecule has 3 amide bonds. The molecule has 2 fully saturated rings. The Hall–Kier alpha value is -4.42. The van der Waals surface area contributed by atoms with Crippen LogP contribution in [0.1, 0.15) is 44.2 Å². The van der Waals surface area contributed by atoms with E-state index in [1.54, 1.807) is 29.3 Å². The number of hydrogen-bond acceptors (Lipinski definition) is 8. The van der Waals surface area contributed by atoms with Gasteiger partial charge in [0.05, 0.1) is 20.8 Å². The van der Waals surface area contributed by atoms with E-state index >= 15 is 4.39 Å². The van der Waals surface area contributed by atoms with Gasteiger partial charge in [-0.3, -0.25) is 24.5 Å². The number of Topliss-reactive ketones (excluding diaryl/α,β-unsaturated/α-hetero) is 1. The van der Waals surface area contributed by atoms with Gasteiger partial charge in [0.1, 0.15) is 11.5 Å². The molecule has 47 heavy (non-hydrogen) atoms. The minimum atomic E-state index is -0.539. The molecular formula is C35H39FN6O4S. The fourth-order valence-electron chi connectivity index (χ4n) is 6.11. The Bertz CT molecular complexity index is 1750. The summed E-state index contributed by atoms with van der Waals surface area (Å²) in [6.45, 7) is 7.88. The highest BCUT2D eigenvalue weighted by Gasteiger charge is 2.30. The predicted molar refractivity (Wildman–Crippen MR) is 179 cm³/mol. The van der Waals surface area contributed by atoms with Crippen LogP contribution in [0.2, 0.25) is 0 Å². The van der Waals surface area contributed by atoms with E-state index < -0.39 is 5.82 Å². The van der Waals surface area contributed by atoms with E-state index in [0.29, 0.717) is 37.4 Å². The highest BCUT2D eigenvalue weighted by atomic mass is 32.1. The number of halogens is 1. The lowest BCUT2D eigenvalue weighted by molar-refractivity contribution is -0.137. The molecule has 2 N–H and O–H groups in total. The summed E-state index contributed by atoms with van der Waals surface area (Å²) in [5.74, 6) is 0.262. The van der Waals surface area contributed by atoms with Gasteiger partial charge >= 0.3 is 6.03 Å². The zero-order valence-electron chi connectivity index (χ0n) is 26.6. The van der Waals surface area contributed by atoms with E-state index in [-0.39, 0.29) is 41.9 Å². The number of nitrogens with zero attached hydrogens (tertiary/aromatic N) is 4. The van der Waals surface area contributed by atoms with Crippen molar-refractivity contribution in [1.82, 2.24) is 30.4 Å². The van der Waals surface area contributed by atoms with Crippen molar-refractivity contribution >= 4 is 39.3 Å². The molecule has 4 aromatic rings. The molecule has 3 aromatic heterocycles. The second-order valence-electron chi connectivity index (χ2n) is 12.3. The topological polar surface area (TPSA) is 117 Å². The summed E-state index contributed by atoms with van der Waals surface area (Å²) in [5, 5.41) is 5.83. The quantitative estimate of drug-likeness (QED) is 0.217. The van der Waals surface area contributed by atoms with Crippen molar-refractivity contribution in [2.45, 2.75) is 52.1 Å². The molecule has 12 heteroatoms. The summed E-state index contributed by atoms with van der Waals surface area (Å²) in [6.07, 6.45) is 5.90. The molecule has 0 radical (unpaired) electrons. The maximum absolute atomic E-state index is 15.1. The van der Waals surface area contributed by atoms with Gasteiger partial charge in [-0.1, -0.05) is 12.1 Å². The molecule has 0 saturated carbocycles. The number of fused-ring (bicyclic) bond motifs is 1. The standard InChI is InChI=1S/C35H39FN6O4S/c1-3-37-35(45)40-26-9-12-41(13-10-26)19-24-4-6-29(39-18-24)33-17-30-34(47-33)32(8-11-38-30)46-31-7-5-23(16-28(31)36)14-27(44)15-25-20-42(21-25)22(2)43/h4-8,11,16-18,25-26H,3,9-10,12-15,19-21H2,1-2H3,(H2,37,40,45). The molecule has 2 aliphatic heterocycles. The monoisotopic (exact) mass is 658 g/mol. The first kappa shape index (κ1) is 32.5. The molecule has 0 unspecified atom stereocenters. The molecule has 0 spiro atoms. The summed E-state index contributed by atoms with van der Waals surface area (Å²) in [4.78, 5) is 49.9. The number of carbonyl (C=O) groups excluding carboxylic acids is 3. The zero-order chi connectivity index (χ0) is 32.9. The molecule has 10 nitrogen and oxygen atoms in total. The second-order valence-corrected chi connectivity index (χ2v) is 13.4. The first-order chi connectivity index (χ1) is 22.7. The minimum Gasteiger partial charge on any atom is -0.453 e. The highest BCUT2D eigenvalue weighted by Crippen LogP contribution is 2.39. The van der Waals surface area contributed by atoms with Crippen LogP contribution in [0.25, 0.3) is 20.8 Å². The van der Waals surface area contributed by atoms with Gasteiger partial charge in [0.15, 0.2) is 11.6 Å². The number of piperidine rings is 1. The van der Waals surface area contributed by atoms with Crippen LogP contribution in [0, 0.1) is 11.7 Å². The third-order valence-electron chi connectivity index (χ3n) is 8.66. The summed E-state index contributed by atoms with van der Waals surface area (Å²) >= 11 is 1.49. The van der Waals surface area contributed by atoms with Gasteiger partial charge in [-0.2, -0.15) is 0 Å². The number of hydrogen-bond donors (Lipinski definition) is 2. The molecular weight excluding hydrogens is 619 g/mol. The number of rotatable bonds is 11. The smallest absolute Gasteiger partial charge is 0.314 e. The fraction of sp³-hybridized carbons (Fsp3) is 0.400. The van der Waals surface area contributed by atoms with E-state index in [4.69, 9.17) is 9.72 Å². The molecule has 2 saturated heterocycles. The zero-order valence-corrected chi connectivity index (χ0v) is 27.4. The van der Waals surface area contributed by atoms with Crippen LogP contribution in [0.4, 0.5) is 9.18 Å². The summed E-state index contributed by atoms with van der Waals surface area (Å²) in [7, 11) is 0. The van der Waals surface area contributed by atoms with Crippen LogP contribution in [-0.2, 0) is 22.6 Å². The number of carbonyl (C=O) groups is 3. The summed E-state index contributed by atoms with van der Waals surface area (Å²) < 4.78 is 21.9. The van der Waals surface area contributed by atoms with Crippen LogP contribution in [0.15, 0.2) is 54.9 Å². The van der Waals surface area contributed by atoms with E-state index in [1.807, 2.05) is 25.3 Å². The maximum atomic E-state index is 15.1. The number of ether oxygens (including phenoxy) is 1. The molecule has 6 rings (SSSR count). The average molecular weight is 659 g/mol. The van der Waals surface area contributed by atoms with Crippen LogP contribution >= 0.6 is 11.3 Å². The lowest BCUT2D eigenvalue weighted by Gasteiger charge is -2.38. The van der Waals surface area contributed by atoms with Crippen molar-refractivity contribution in [2.75, 3.05) is 32.7 Å².